The van der Waals surface area contributed by atoms with E-state index in [0.29, 0.717) is 17.8 Å². The lowest BCUT2D eigenvalue weighted by Crippen LogP contribution is -2.15. The fraction of sp³-hybridized carbons (Fsp3) is 0.0769. The minimum absolute atomic E-state index is 0.221. The number of amides is 1. The molecule has 2 rings (SSSR count). The zero-order valence-electron chi connectivity index (χ0n) is 9.71. The van der Waals surface area contributed by atoms with Crippen LogP contribution in [-0.4, -0.2) is 21.3 Å². The number of hydrogen-bond donors (Lipinski definition) is 1. The molecular weight excluding hydrogens is 228 g/mol. The van der Waals surface area contributed by atoms with Gasteiger partial charge in [-0.05, 0) is 23.8 Å². The fourth-order valence-electron chi connectivity index (χ4n) is 1.47. The van der Waals surface area contributed by atoms with E-state index in [0.717, 1.165) is 5.56 Å². The Bertz CT molecular complexity index is 554. The highest BCUT2D eigenvalue weighted by atomic mass is 16.1. The molecule has 0 aliphatic heterocycles. The Hall–Kier alpha value is -2.56. The number of allylic oxidation sites excluding steroid dienone is 1. The smallest absolute Gasteiger partial charge is 0.256 e. The van der Waals surface area contributed by atoms with E-state index in [4.69, 9.17) is 0 Å². The second-order valence-corrected chi connectivity index (χ2v) is 3.62. The molecule has 1 aromatic carbocycles. The number of benzene rings is 1. The first-order valence-electron chi connectivity index (χ1n) is 5.46. The summed E-state index contributed by atoms with van der Waals surface area (Å²) in [4.78, 5) is 11.9. The monoisotopic (exact) mass is 240 g/mol. The van der Waals surface area contributed by atoms with Gasteiger partial charge in [-0.3, -0.25) is 4.79 Å². The number of nitrogens with zero attached hydrogens (tertiary/aromatic N) is 3. The summed E-state index contributed by atoms with van der Waals surface area (Å²) in [6.07, 6.45) is 3.86. The van der Waals surface area contributed by atoms with Crippen LogP contribution in [0.2, 0.25) is 0 Å². The van der Waals surface area contributed by atoms with E-state index in [1.165, 1.54) is 0 Å². The van der Waals surface area contributed by atoms with Crippen LogP contribution in [0.3, 0.4) is 0 Å². The summed E-state index contributed by atoms with van der Waals surface area (Å²) in [5.74, 6) is 0.195. The average molecular weight is 240 g/mol. The standard InChI is InChI=1S/C13H12N4O/c1-2-6-11-9-14-17-16-12(11)15-13(18)10-7-4-3-5-8-10/h2-5,7-9H,1,6H2,(H,14,15,16,18). The van der Waals surface area contributed by atoms with Crippen molar-refractivity contribution in [3.05, 3.63) is 60.3 Å². The lowest BCUT2D eigenvalue weighted by molar-refractivity contribution is 0.102. The number of aromatic nitrogens is 3. The van der Waals surface area contributed by atoms with Gasteiger partial charge < -0.3 is 5.32 Å². The fourth-order valence-corrected chi connectivity index (χ4v) is 1.47. The topological polar surface area (TPSA) is 67.8 Å². The van der Waals surface area contributed by atoms with Gasteiger partial charge in [-0.2, -0.15) is 0 Å². The van der Waals surface area contributed by atoms with E-state index in [9.17, 15) is 4.79 Å². The van der Waals surface area contributed by atoms with Crippen LogP contribution >= 0.6 is 0 Å². The zero-order chi connectivity index (χ0) is 12.8. The Morgan fingerprint density at radius 2 is 2.11 bits per heavy atom. The molecule has 1 heterocycles. The quantitative estimate of drug-likeness (QED) is 0.828. The number of rotatable bonds is 4. The second kappa shape index (κ2) is 5.67. The minimum atomic E-state index is -0.221. The van der Waals surface area contributed by atoms with Gasteiger partial charge in [0.1, 0.15) is 0 Å². The van der Waals surface area contributed by atoms with Crippen LogP contribution in [0.25, 0.3) is 0 Å². The molecule has 0 atom stereocenters. The van der Waals surface area contributed by atoms with Crippen molar-refractivity contribution in [3.8, 4) is 0 Å². The first kappa shape index (κ1) is 11.9. The van der Waals surface area contributed by atoms with Crippen LogP contribution < -0.4 is 5.32 Å². The molecule has 5 heteroatoms. The molecule has 0 fully saturated rings. The molecule has 1 amide bonds. The maximum Gasteiger partial charge on any atom is 0.256 e. The van der Waals surface area contributed by atoms with Crippen molar-refractivity contribution in [1.29, 1.82) is 0 Å². The highest BCUT2D eigenvalue weighted by Gasteiger charge is 2.09. The molecule has 0 unspecified atom stereocenters. The first-order valence-corrected chi connectivity index (χ1v) is 5.46. The van der Waals surface area contributed by atoms with Crippen LogP contribution in [0.1, 0.15) is 15.9 Å². The van der Waals surface area contributed by atoms with Gasteiger partial charge in [0, 0.05) is 11.1 Å². The number of anilines is 1. The maximum atomic E-state index is 11.9. The van der Waals surface area contributed by atoms with Crippen molar-refractivity contribution >= 4 is 11.7 Å². The average Bonchev–Trinajstić information content (AvgIpc) is 2.42. The number of hydrogen-bond acceptors (Lipinski definition) is 4. The zero-order valence-corrected chi connectivity index (χ0v) is 9.71. The van der Waals surface area contributed by atoms with Gasteiger partial charge in [-0.1, -0.05) is 24.3 Å². The van der Waals surface area contributed by atoms with Crippen molar-refractivity contribution in [3.63, 3.8) is 0 Å². The van der Waals surface area contributed by atoms with Crippen LogP contribution in [0.15, 0.2) is 49.2 Å². The molecule has 0 aliphatic rings. The predicted octanol–water partition coefficient (Wildman–Crippen LogP) is 1.85. The molecule has 90 valence electrons. The second-order valence-electron chi connectivity index (χ2n) is 3.62. The number of carbonyl (C=O) groups is 1. The van der Waals surface area contributed by atoms with Crippen LogP contribution in [-0.2, 0) is 6.42 Å². The Kier molecular flexibility index (Phi) is 3.76. The number of nitrogens with one attached hydrogen (secondary N) is 1. The molecule has 18 heavy (non-hydrogen) atoms. The summed E-state index contributed by atoms with van der Waals surface area (Å²) in [5.41, 5.74) is 1.35. The first-order chi connectivity index (χ1) is 8.81. The summed E-state index contributed by atoms with van der Waals surface area (Å²) in [6, 6.07) is 8.93. The van der Waals surface area contributed by atoms with Crippen LogP contribution in [0, 0.1) is 0 Å². The number of carbonyl (C=O) groups excluding carboxylic acids is 1. The summed E-state index contributed by atoms with van der Waals surface area (Å²) < 4.78 is 0. The molecule has 1 N–H and O–H groups in total. The van der Waals surface area contributed by atoms with Crippen molar-refractivity contribution in [2.45, 2.75) is 6.42 Å². The summed E-state index contributed by atoms with van der Waals surface area (Å²) in [7, 11) is 0. The van der Waals surface area contributed by atoms with Gasteiger partial charge in [-0.25, -0.2) is 0 Å². The lowest BCUT2D eigenvalue weighted by Gasteiger charge is -2.06. The van der Waals surface area contributed by atoms with Crippen molar-refractivity contribution in [1.82, 2.24) is 15.4 Å². The van der Waals surface area contributed by atoms with Crippen molar-refractivity contribution < 1.29 is 4.79 Å². The van der Waals surface area contributed by atoms with Gasteiger partial charge in [0.25, 0.3) is 5.91 Å². The van der Waals surface area contributed by atoms with E-state index in [-0.39, 0.29) is 5.91 Å². The molecule has 5 nitrogen and oxygen atoms in total. The Labute approximate surface area is 105 Å². The van der Waals surface area contributed by atoms with Gasteiger partial charge in [-0.15, -0.1) is 16.8 Å². The molecule has 0 aliphatic carbocycles. The third-order valence-electron chi connectivity index (χ3n) is 2.35. The maximum absolute atomic E-state index is 11.9. The highest BCUT2D eigenvalue weighted by molar-refractivity contribution is 6.03. The molecule has 0 radical (unpaired) electrons. The van der Waals surface area contributed by atoms with Crippen molar-refractivity contribution in [2.75, 3.05) is 5.32 Å². The van der Waals surface area contributed by atoms with Crippen molar-refractivity contribution in [2.24, 2.45) is 0 Å². The molecule has 0 saturated carbocycles. The molecule has 1 aromatic heterocycles. The van der Waals surface area contributed by atoms with Crippen LogP contribution in [0.5, 0.6) is 0 Å². The summed E-state index contributed by atoms with van der Waals surface area (Å²) in [6.45, 7) is 3.65. The van der Waals surface area contributed by atoms with E-state index >= 15 is 0 Å². The SMILES string of the molecule is C=CCc1cnnnc1NC(=O)c1ccccc1. The molecule has 0 saturated heterocycles. The van der Waals surface area contributed by atoms with E-state index in [2.05, 4.69) is 27.3 Å². The summed E-state index contributed by atoms with van der Waals surface area (Å²) in [5, 5.41) is 13.7. The largest absolute Gasteiger partial charge is 0.305 e. The molecule has 2 aromatic rings. The molecule has 0 spiro atoms. The predicted molar refractivity (Wildman–Crippen MR) is 68.1 cm³/mol. The summed E-state index contributed by atoms with van der Waals surface area (Å²) >= 11 is 0. The van der Waals surface area contributed by atoms with Crippen LogP contribution in [0.4, 0.5) is 5.82 Å². The van der Waals surface area contributed by atoms with Gasteiger partial charge in [0.15, 0.2) is 5.82 Å². The lowest BCUT2D eigenvalue weighted by atomic mass is 10.2. The van der Waals surface area contributed by atoms with E-state index < -0.39 is 0 Å². The third-order valence-corrected chi connectivity index (χ3v) is 2.35. The van der Waals surface area contributed by atoms with E-state index in [1.807, 2.05) is 6.07 Å². The Balaban J connectivity index is 2.19. The van der Waals surface area contributed by atoms with E-state index in [1.54, 1.807) is 36.5 Å². The highest BCUT2D eigenvalue weighted by Crippen LogP contribution is 2.11. The Morgan fingerprint density at radius 3 is 2.83 bits per heavy atom. The van der Waals surface area contributed by atoms with Gasteiger partial charge >= 0.3 is 0 Å². The molecule has 0 bridgehead atoms. The minimum Gasteiger partial charge on any atom is -0.305 e. The van der Waals surface area contributed by atoms with Gasteiger partial charge in [0.2, 0.25) is 0 Å². The van der Waals surface area contributed by atoms with Gasteiger partial charge in [0.05, 0.1) is 6.20 Å². The third kappa shape index (κ3) is 2.76. The Morgan fingerprint density at radius 1 is 1.33 bits per heavy atom. The molecular formula is C13H12N4O. The normalized spacial score (nSPS) is 9.78.